The molecule has 1 nitrogen and oxygen atoms in total. The van der Waals surface area contributed by atoms with Crippen LogP contribution in [0.2, 0.25) is 0 Å². The van der Waals surface area contributed by atoms with Crippen LogP contribution in [0, 0.1) is 11.8 Å². The molecule has 0 aromatic carbocycles. The predicted molar refractivity (Wildman–Crippen MR) is 80.6 cm³/mol. The Morgan fingerprint density at radius 3 is 2.11 bits per heavy atom. The van der Waals surface area contributed by atoms with Crippen LogP contribution in [0.5, 0.6) is 0 Å². The first-order chi connectivity index (χ1) is 8.56. The van der Waals surface area contributed by atoms with Gasteiger partial charge in [0, 0.05) is 5.92 Å². The molecule has 0 radical (unpaired) electrons. The second kappa shape index (κ2) is 8.91. The summed E-state index contributed by atoms with van der Waals surface area (Å²) >= 11 is 0. The van der Waals surface area contributed by atoms with Gasteiger partial charge in [0.05, 0.1) is 0 Å². The van der Waals surface area contributed by atoms with Crippen LogP contribution in [0.25, 0.3) is 0 Å². The van der Waals surface area contributed by atoms with Gasteiger partial charge in [-0.2, -0.15) is 0 Å². The van der Waals surface area contributed by atoms with Gasteiger partial charge in [0.2, 0.25) is 0 Å². The zero-order chi connectivity index (χ0) is 14.1. The molecule has 0 N–H and O–H groups in total. The van der Waals surface area contributed by atoms with Crippen LogP contribution in [0.4, 0.5) is 0 Å². The highest BCUT2D eigenvalue weighted by Crippen LogP contribution is 2.34. The largest absolute Gasteiger partial charge is 0.294 e. The summed E-state index contributed by atoms with van der Waals surface area (Å²) in [6.07, 6.45) is 8.94. The molecule has 0 amide bonds. The Kier molecular flexibility index (Phi) is 8.36. The third-order valence-corrected chi connectivity index (χ3v) is 3.31. The Morgan fingerprint density at radius 1 is 1.22 bits per heavy atom. The summed E-state index contributed by atoms with van der Waals surface area (Å²) in [5.74, 6) is 0.667. The van der Waals surface area contributed by atoms with Crippen molar-refractivity contribution in [1.82, 2.24) is 0 Å². The van der Waals surface area contributed by atoms with Crippen molar-refractivity contribution < 1.29 is 4.79 Å². The predicted octanol–water partition coefficient (Wildman–Crippen LogP) is 5.10. The molecule has 0 spiro atoms. The average molecular weight is 248 g/mol. The summed E-state index contributed by atoms with van der Waals surface area (Å²) in [5, 5.41) is 0. The first-order valence-corrected chi connectivity index (χ1v) is 7.14. The van der Waals surface area contributed by atoms with Crippen molar-refractivity contribution >= 4 is 5.78 Å². The van der Waals surface area contributed by atoms with E-state index in [1.54, 1.807) is 6.08 Å². The minimum absolute atomic E-state index is 0.0104. The quantitative estimate of drug-likeness (QED) is 0.679. The number of ketones is 1. The third kappa shape index (κ3) is 4.29. The molecule has 102 valence electrons. The van der Waals surface area contributed by atoms with Crippen LogP contribution in [0.15, 0.2) is 36.0 Å². The Labute approximate surface area is 113 Å². The lowest BCUT2D eigenvalue weighted by atomic mass is 9.75. The van der Waals surface area contributed by atoms with Crippen LogP contribution in [-0.4, -0.2) is 5.78 Å². The lowest BCUT2D eigenvalue weighted by molar-refractivity contribution is -0.118. The van der Waals surface area contributed by atoms with Crippen LogP contribution in [0.3, 0.4) is 0 Å². The Morgan fingerprint density at radius 2 is 1.72 bits per heavy atom. The summed E-state index contributed by atoms with van der Waals surface area (Å²) in [4.78, 5) is 11.9. The lowest BCUT2D eigenvalue weighted by Crippen LogP contribution is -2.26. The molecule has 1 atom stereocenters. The molecular weight excluding hydrogens is 220 g/mol. The lowest BCUT2D eigenvalue weighted by Gasteiger charge is -2.28. The van der Waals surface area contributed by atoms with E-state index in [1.165, 1.54) is 6.42 Å². The van der Waals surface area contributed by atoms with Gasteiger partial charge in [-0.15, -0.1) is 0 Å². The van der Waals surface area contributed by atoms with E-state index >= 15 is 0 Å². The molecule has 0 bridgehead atoms. The molecule has 0 saturated heterocycles. The maximum Gasteiger partial charge on any atom is 0.163 e. The Balaban J connectivity index is 0.000000873. The van der Waals surface area contributed by atoms with Crippen LogP contribution in [0.1, 0.15) is 53.9 Å². The smallest absolute Gasteiger partial charge is 0.163 e. The maximum absolute atomic E-state index is 11.9. The van der Waals surface area contributed by atoms with E-state index in [4.69, 9.17) is 0 Å². The zero-order valence-corrected chi connectivity index (χ0v) is 12.6. The van der Waals surface area contributed by atoms with Gasteiger partial charge < -0.3 is 0 Å². The number of rotatable bonds is 3. The molecule has 1 rings (SSSR count). The SMILES string of the molecule is C=C1/C(=C\C)C=CC(=O)C1C(CC)CC.CCC. The number of carbonyl (C=O) groups excluding carboxylic acids is 1. The Bertz CT molecular complexity index is 330. The van der Waals surface area contributed by atoms with Crippen LogP contribution < -0.4 is 0 Å². The molecule has 1 aliphatic rings. The highest BCUT2D eigenvalue weighted by atomic mass is 16.1. The van der Waals surface area contributed by atoms with Crippen molar-refractivity contribution in [3.63, 3.8) is 0 Å². The molecule has 18 heavy (non-hydrogen) atoms. The van der Waals surface area contributed by atoms with Crippen LogP contribution >= 0.6 is 0 Å². The normalized spacial score (nSPS) is 21.2. The van der Waals surface area contributed by atoms with E-state index in [2.05, 4.69) is 34.3 Å². The van der Waals surface area contributed by atoms with E-state index in [9.17, 15) is 4.79 Å². The molecule has 0 saturated carbocycles. The highest BCUT2D eigenvalue weighted by Gasteiger charge is 2.30. The summed E-state index contributed by atoms with van der Waals surface area (Å²) in [5.41, 5.74) is 2.12. The number of carbonyl (C=O) groups is 1. The van der Waals surface area contributed by atoms with Crippen molar-refractivity contribution in [2.75, 3.05) is 0 Å². The van der Waals surface area contributed by atoms with Crippen molar-refractivity contribution in [2.45, 2.75) is 53.9 Å². The van der Waals surface area contributed by atoms with Gasteiger partial charge >= 0.3 is 0 Å². The molecule has 1 aliphatic carbocycles. The summed E-state index contributed by atoms with van der Waals surface area (Å²) < 4.78 is 0. The second-order valence-electron chi connectivity index (χ2n) is 4.77. The summed E-state index contributed by atoms with van der Waals surface area (Å²) in [6.45, 7) is 14.6. The van der Waals surface area contributed by atoms with Gasteiger partial charge in [0.1, 0.15) is 0 Å². The van der Waals surface area contributed by atoms with Crippen molar-refractivity contribution in [3.05, 3.63) is 36.0 Å². The van der Waals surface area contributed by atoms with Crippen LogP contribution in [-0.2, 0) is 4.79 Å². The standard InChI is InChI=1S/C14H20O.C3H8/c1-5-11(6-2)14-10(4)12(7-3)8-9-13(14)15;1-3-2/h7-9,11,14H,4-6H2,1-3H3;3H2,1-2H3/b12-7-;. The topological polar surface area (TPSA) is 17.1 Å². The van der Waals surface area contributed by atoms with E-state index in [0.29, 0.717) is 5.92 Å². The minimum atomic E-state index is 0.0104. The van der Waals surface area contributed by atoms with E-state index in [0.717, 1.165) is 24.0 Å². The highest BCUT2D eigenvalue weighted by molar-refractivity contribution is 5.97. The van der Waals surface area contributed by atoms with E-state index in [-0.39, 0.29) is 11.7 Å². The number of hydrogen-bond donors (Lipinski definition) is 0. The first-order valence-electron chi connectivity index (χ1n) is 7.14. The van der Waals surface area contributed by atoms with E-state index in [1.807, 2.05) is 19.1 Å². The van der Waals surface area contributed by atoms with Crippen molar-refractivity contribution in [3.8, 4) is 0 Å². The fraction of sp³-hybridized carbons (Fsp3) is 0.588. The average Bonchev–Trinajstić information content (AvgIpc) is 2.35. The first kappa shape index (κ1) is 16.9. The molecule has 0 aromatic rings. The maximum atomic E-state index is 11.9. The number of allylic oxidation sites excluding steroid dienone is 5. The van der Waals surface area contributed by atoms with Gasteiger partial charge in [-0.1, -0.05) is 65.7 Å². The van der Waals surface area contributed by atoms with Gasteiger partial charge in [-0.3, -0.25) is 4.79 Å². The van der Waals surface area contributed by atoms with Crippen molar-refractivity contribution in [1.29, 1.82) is 0 Å². The van der Waals surface area contributed by atoms with E-state index < -0.39 is 0 Å². The Hall–Kier alpha value is -1.11. The molecule has 1 unspecified atom stereocenters. The van der Waals surface area contributed by atoms with Gasteiger partial charge in [-0.25, -0.2) is 0 Å². The van der Waals surface area contributed by atoms with Crippen molar-refractivity contribution in [2.24, 2.45) is 11.8 Å². The van der Waals surface area contributed by atoms with Gasteiger partial charge in [0.15, 0.2) is 5.78 Å². The van der Waals surface area contributed by atoms with Gasteiger partial charge in [-0.05, 0) is 30.1 Å². The summed E-state index contributed by atoms with van der Waals surface area (Å²) in [7, 11) is 0. The molecular formula is C17H28O. The number of hydrogen-bond acceptors (Lipinski definition) is 1. The molecule has 1 heteroatoms. The molecule has 0 aromatic heterocycles. The third-order valence-electron chi connectivity index (χ3n) is 3.31. The molecule has 0 fully saturated rings. The summed E-state index contributed by atoms with van der Waals surface area (Å²) in [6, 6.07) is 0. The zero-order valence-electron chi connectivity index (χ0n) is 12.6. The van der Waals surface area contributed by atoms with Gasteiger partial charge in [0.25, 0.3) is 0 Å². The molecule has 0 aliphatic heterocycles. The molecule has 0 heterocycles. The fourth-order valence-electron chi connectivity index (χ4n) is 2.29. The monoisotopic (exact) mass is 248 g/mol. The fourth-order valence-corrected chi connectivity index (χ4v) is 2.29. The second-order valence-corrected chi connectivity index (χ2v) is 4.77. The minimum Gasteiger partial charge on any atom is -0.294 e.